The number of rotatable bonds is 7. The molecule has 4 rings (SSSR count). The van der Waals surface area contributed by atoms with E-state index in [2.05, 4.69) is 20.8 Å². The van der Waals surface area contributed by atoms with Crippen LogP contribution in [0.25, 0.3) is 0 Å². The first-order valence-corrected chi connectivity index (χ1v) is 11.2. The average Bonchev–Trinajstić information content (AvgIpc) is 3.26. The van der Waals surface area contributed by atoms with E-state index in [4.69, 9.17) is 16.0 Å². The topological polar surface area (TPSA) is 117 Å². The van der Waals surface area contributed by atoms with Gasteiger partial charge >= 0.3 is 23.8 Å². The number of halogens is 1. The minimum Gasteiger partial charge on any atom is -0.481 e. The van der Waals surface area contributed by atoms with Gasteiger partial charge in [-0.1, -0.05) is 54.2 Å². The van der Waals surface area contributed by atoms with Gasteiger partial charge in [0.05, 0.1) is 6.42 Å². The Labute approximate surface area is 196 Å². The predicted molar refractivity (Wildman–Crippen MR) is 125 cm³/mol. The highest BCUT2D eigenvalue weighted by molar-refractivity contribution is 6.30. The molecule has 1 aliphatic carbocycles. The summed E-state index contributed by atoms with van der Waals surface area (Å²) < 4.78 is 5.44. The third kappa shape index (κ3) is 5.34. The van der Waals surface area contributed by atoms with Crippen molar-refractivity contribution in [3.63, 3.8) is 0 Å². The van der Waals surface area contributed by atoms with Gasteiger partial charge in [0.25, 0.3) is 0 Å². The van der Waals surface area contributed by atoms with Gasteiger partial charge < -0.3 is 20.2 Å². The number of amides is 1. The van der Waals surface area contributed by atoms with Crippen molar-refractivity contribution in [2.45, 2.75) is 50.9 Å². The molecule has 0 atom stereocenters. The van der Waals surface area contributed by atoms with Gasteiger partial charge in [0.1, 0.15) is 0 Å². The first kappa shape index (κ1) is 22.8. The Balaban J connectivity index is 1.44. The molecule has 0 spiro atoms. The molecule has 3 aromatic rings. The molecule has 1 fully saturated rings. The second-order valence-electron chi connectivity index (χ2n) is 8.44. The molecule has 1 saturated carbocycles. The van der Waals surface area contributed by atoms with E-state index in [-0.39, 0.29) is 23.7 Å². The molecule has 172 valence electrons. The van der Waals surface area contributed by atoms with E-state index in [1.807, 2.05) is 25.1 Å². The van der Waals surface area contributed by atoms with Crippen molar-refractivity contribution >= 4 is 40.9 Å². The highest BCUT2D eigenvalue weighted by atomic mass is 35.5. The molecule has 33 heavy (non-hydrogen) atoms. The molecule has 1 heterocycles. The third-order valence-corrected chi connectivity index (χ3v) is 6.35. The average molecular weight is 469 g/mol. The molecule has 9 heteroatoms. The molecular weight excluding hydrogens is 444 g/mol. The lowest BCUT2D eigenvalue weighted by molar-refractivity contribution is -0.138. The molecule has 1 aliphatic rings. The molecular formula is C24H25ClN4O4. The van der Waals surface area contributed by atoms with Crippen LogP contribution in [-0.4, -0.2) is 27.2 Å². The maximum Gasteiger partial charge on any atom is 0.320 e. The smallest absolute Gasteiger partial charge is 0.320 e. The Kier molecular flexibility index (Phi) is 6.65. The van der Waals surface area contributed by atoms with E-state index in [0.29, 0.717) is 16.4 Å². The Morgan fingerprint density at radius 1 is 1.09 bits per heavy atom. The number of carbonyl (C=O) groups is 2. The number of carboxylic acids is 1. The van der Waals surface area contributed by atoms with E-state index >= 15 is 0 Å². The van der Waals surface area contributed by atoms with Crippen molar-refractivity contribution < 1.29 is 19.1 Å². The summed E-state index contributed by atoms with van der Waals surface area (Å²) >= 11 is 6.02. The molecule has 0 radical (unpaired) electrons. The van der Waals surface area contributed by atoms with Gasteiger partial charge in [-0.25, -0.2) is 0 Å². The standard InChI is InChI=1S/C24H25ClN4O4/c1-15-5-8-17(25)13-19(15)27-23-29-28-22(33-23)21(32)26-18-9-6-16(7-10-18)24(14-20(30)31)11-3-2-4-12-24/h5-10,13H,2-4,11-12,14H2,1H3,(H,26,32)(H,27,29)(H,30,31). The number of benzene rings is 2. The van der Waals surface area contributed by atoms with Gasteiger partial charge in [-0.3, -0.25) is 9.59 Å². The van der Waals surface area contributed by atoms with Crippen LogP contribution in [-0.2, 0) is 10.2 Å². The summed E-state index contributed by atoms with van der Waals surface area (Å²) in [5, 5.41) is 23.4. The van der Waals surface area contributed by atoms with Crippen molar-refractivity contribution in [3.8, 4) is 0 Å². The second kappa shape index (κ2) is 9.62. The van der Waals surface area contributed by atoms with E-state index < -0.39 is 11.9 Å². The number of nitrogens with one attached hydrogen (secondary N) is 2. The van der Waals surface area contributed by atoms with E-state index in [9.17, 15) is 14.7 Å². The lowest BCUT2D eigenvalue weighted by Gasteiger charge is -2.36. The van der Waals surface area contributed by atoms with Crippen LogP contribution >= 0.6 is 11.6 Å². The van der Waals surface area contributed by atoms with Crippen LogP contribution in [0.2, 0.25) is 5.02 Å². The SMILES string of the molecule is Cc1ccc(Cl)cc1Nc1nnc(C(=O)Nc2ccc(C3(CC(=O)O)CCCCC3)cc2)o1. The van der Waals surface area contributed by atoms with Crippen LogP contribution in [0.15, 0.2) is 46.9 Å². The predicted octanol–water partition coefficient (Wildman–Crippen LogP) is 5.70. The maximum absolute atomic E-state index is 12.6. The third-order valence-electron chi connectivity index (χ3n) is 6.12. The summed E-state index contributed by atoms with van der Waals surface area (Å²) in [5.74, 6) is -1.51. The highest BCUT2D eigenvalue weighted by Gasteiger charge is 2.36. The number of hydrogen-bond donors (Lipinski definition) is 3. The number of hydrogen-bond acceptors (Lipinski definition) is 6. The fourth-order valence-corrected chi connectivity index (χ4v) is 4.56. The van der Waals surface area contributed by atoms with Crippen LogP contribution in [0.3, 0.4) is 0 Å². The van der Waals surface area contributed by atoms with Crippen molar-refractivity contribution in [1.29, 1.82) is 0 Å². The summed E-state index contributed by atoms with van der Waals surface area (Å²) in [6.07, 6.45) is 5.00. The molecule has 0 aliphatic heterocycles. The fraction of sp³-hybridized carbons (Fsp3) is 0.333. The number of aryl methyl sites for hydroxylation is 1. The zero-order valence-electron chi connectivity index (χ0n) is 18.2. The first-order chi connectivity index (χ1) is 15.8. The van der Waals surface area contributed by atoms with Crippen LogP contribution in [0.5, 0.6) is 0 Å². The number of anilines is 3. The summed E-state index contributed by atoms with van der Waals surface area (Å²) in [6, 6.07) is 12.8. The minimum atomic E-state index is -0.789. The second-order valence-corrected chi connectivity index (χ2v) is 8.88. The van der Waals surface area contributed by atoms with E-state index in [1.54, 1.807) is 24.3 Å². The van der Waals surface area contributed by atoms with E-state index in [1.165, 1.54) is 0 Å². The van der Waals surface area contributed by atoms with Crippen molar-refractivity contribution in [3.05, 3.63) is 64.5 Å². The number of nitrogens with zero attached hydrogens (tertiary/aromatic N) is 2. The summed E-state index contributed by atoms with van der Waals surface area (Å²) in [5.41, 5.74) is 2.83. The van der Waals surface area contributed by atoms with Crippen molar-refractivity contribution in [2.75, 3.05) is 10.6 Å². The van der Waals surface area contributed by atoms with Gasteiger partial charge in [0.2, 0.25) is 0 Å². The van der Waals surface area contributed by atoms with Gasteiger partial charge in [-0.2, -0.15) is 0 Å². The number of aromatic nitrogens is 2. The fourth-order valence-electron chi connectivity index (χ4n) is 4.39. The summed E-state index contributed by atoms with van der Waals surface area (Å²) in [6.45, 7) is 1.90. The van der Waals surface area contributed by atoms with Gasteiger partial charge in [0, 0.05) is 21.8 Å². The van der Waals surface area contributed by atoms with E-state index in [0.717, 1.165) is 43.2 Å². The molecule has 8 nitrogen and oxygen atoms in total. The first-order valence-electron chi connectivity index (χ1n) is 10.8. The summed E-state index contributed by atoms with van der Waals surface area (Å²) in [4.78, 5) is 24.0. The van der Waals surface area contributed by atoms with Gasteiger partial charge in [-0.15, -0.1) is 5.10 Å². The zero-order chi connectivity index (χ0) is 23.4. The van der Waals surface area contributed by atoms with Crippen LogP contribution in [0.1, 0.15) is 60.3 Å². The van der Waals surface area contributed by atoms with Crippen molar-refractivity contribution in [1.82, 2.24) is 10.2 Å². The summed E-state index contributed by atoms with van der Waals surface area (Å²) in [7, 11) is 0. The minimum absolute atomic E-state index is 0.0776. The maximum atomic E-state index is 12.6. The molecule has 2 aromatic carbocycles. The molecule has 1 aromatic heterocycles. The lowest BCUT2D eigenvalue weighted by Crippen LogP contribution is -2.31. The zero-order valence-corrected chi connectivity index (χ0v) is 19.0. The molecule has 3 N–H and O–H groups in total. The number of carbonyl (C=O) groups excluding carboxylic acids is 1. The van der Waals surface area contributed by atoms with Crippen LogP contribution in [0.4, 0.5) is 17.4 Å². The Morgan fingerprint density at radius 2 is 1.82 bits per heavy atom. The largest absolute Gasteiger partial charge is 0.481 e. The molecule has 1 amide bonds. The Bertz CT molecular complexity index is 1150. The lowest BCUT2D eigenvalue weighted by atomic mass is 9.67. The van der Waals surface area contributed by atoms with Gasteiger partial charge in [-0.05, 0) is 55.2 Å². The van der Waals surface area contributed by atoms with Crippen LogP contribution in [0, 0.1) is 6.92 Å². The quantitative estimate of drug-likeness (QED) is 0.406. The molecule has 0 bridgehead atoms. The Hall–Kier alpha value is -3.39. The normalized spacial score (nSPS) is 15.1. The molecule has 0 saturated heterocycles. The number of carboxylic acid groups (broad SMARTS) is 1. The van der Waals surface area contributed by atoms with Crippen molar-refractivity contribution in [2.24, 2.45) is 0 Å². The number of aliphatic carboxylic acids is 1. The highest BCUT2D eigenvalue weighted by Crippen LogP contribution is 2.42. The molecule has 0 unspecified atom stereocenters. The Morgan fingerprint density at radius 3 is 2.52 bits per heavy atom. The monoisotopic (exact) mass is 468 g/mol. The van der Waals surface area contributed by atoms with Gasteiger partial charge in [0.15, 0.2) is 0 Å². The van der Waals surface area contributed by atoms with Crippen LogP contribution < -0.4 is 10.6 Å².